The quantitative estimate of drug-likeness (QED) is 0.588. The molecule has 0 spiro atoms. The molecule has 2 heteroatoms. The number of allylic oxidation sites excluding steroid dienone is 1. The van der Waals surface area contributed by atoms with Crippen molar-refractivity contribution in [1.29, 1.82) is 0 Å². The van der Waals surface area contributed by atoms with Crippen LogP contribution in [0.5, 0.6) is 0 Å². The third kappa shape index (κ3) is 5.34. The average molecular weight is 231 g/mol. The fraction of sp³-hybridized carbons (Fsp3) is 0.400. The molecular weight excluding hydrogens is 210 g/mol. The largest absolute Gasteiger partial charge is 0.346 e. The lowest BCUT2D eigenvalue weighted by Gasteiger charge is -2.12. The molecule has 1 rings (SSSR count). The van der Waals surface area contributed by atoms with Crippen LogP contribution in [0, 0.1) is 0 Å². The Morgan fingerprint density at radius 3 is 2.71 bits per heavy atom. The standard InChI is InChI=1S/C15H21NO/c1-3-4-5-9-12-15(17)16-13(2)14-10-7-6-8-11-14/h6-13H,3-5H2,1-2H3,(H,16,17)/b12-9+. The highest BCUT2D eigenvalue weighted by molar-refractivity contribution is 5.87. The summed E-state index contributed by atoms with van der Waals surface area (Å²) in [6.07, 6.45) is 6.85. The molecule has 0 heterocycles. The van der Waals surface area contributed by atoms with E-state index in [9.17, 15) is 4.79 Å². The van der Waals surface area contributed by atoms with Gasteiger partial charge in [0.05, 0.1) is 6.04 Å². The van der Waals surface area contributed by atoms with Gasteiger partial charge in [0, 0.05) is 0 Å². The van der Waals surface area contributed by atoms with Crippen LogP contribution in [-0.4, -0.2) is 5.91 Å². The summed E-state index contributed by atoms with van der Waals surface area (Å²) in [7, 11) is 0. The van der Waals surface area contributed by atoms with E-state index in [0.717, 1.165) is 24.8 Å². The third-order valence-electron chi connectivity index (χ3n) is 2.65. The molecule has 1 amide bonds. The van der Waals surface area contributed by atoms with Crippen molar-refractivity contribution in [2.45, 2.75) is 39.2 Å². The first-order valence-electron chi connectivity index (χ1n) is 6.26. The van der Waals surface area contributed by atoms with Crippen LogP contribution in [0.3, 0.4) is 0 Å². The van der Waals surface area contributed by atoms with Gasteiger partial charge in [-0.1, -0.05) is 56.2 Å². The molecule has 1 N–H and O–H groups in total. The van der Waals surface area contributed by atoms with Crippen molar-refractivity contribution in [2.75, 3.05) is 0 Å². The van der Waals surface area contributed by atoms with Crippen molar-refractivity contribution < 1.29 is 4.79 Å². The molecule has 92 valence electrons. The van der Waals surface area contributed by atoms with Crippen LogP contribution in [0.1, 0.15) is 44.7 Å². The number of rotatable bonds is 6. The highest BCUT2D eigenvalue weighted by Gasteiger charge is 2.05. The van der Waals surface area contributed by atoms with Gasteiger partial charge >= 0.3 is 0 Å². The van der Waals surface area contributed by atoms with Gasteiger partial charge in [-0.3, -0.25) is 4.79 Å². The topological polar surface area (TPSA) is 29.1 Å². The van der Waals surface area contributed by atoms with Crippen LogP contribution in [0.2, 0.25) is 0 Å². The first kappa shape index (κ1) is 13.5. The fourth-order valence-electron chi connectivity index (χ4n) is 1.60. The smallest absolute Gasteiger partial charge is 0.244 e. The molecule has 1 aromatic rings. The van der Waals surface area contributed by atoms with Gasteiger partial charge in [-0.25, -0.2) is 0 Å². The van der Waals surface area contributed by atoms with Gasteiger partial charge in [0.1, 0.15) is 0 Å². The Labute approximate surface area is 104 Å². The second-order valence-electron chi connectivity index (χ2n) is 4.19. The molecule has 0 saturated heterocycles. The zero-order valence-electron chi connectivity index (χ0n) is 10.6. The van der Waals surface area contributed by atoms with E-state index in [2.05, 4.69) is 12.2 Å². The Bertz CT molecular complexity index is 356. The summed E-state index contributed by atoms with van der Waals surface area (Å²) < 4.78 is 0. The summed E-state index contributed by atoms with van der Waals surface area (Å²) in [4.78, 5) is 11.6. The molecule has 2 nitrogen and oxygen atoms in total. The van der Waals surface area contributed by atoms with Crippen LogP contribution in [-0.2, 0) is 4.79 Å². The number of benzene rings is 1. The van der Waals surface area contributed by atoms with Crippen molar-refractivity contribution in [3.8, 4) is 0 Å². The Morgan fingerprint density at radius 2 is 2.06 bits per heavy atom. The molecular formula is C15H21NO. The lowest BCUT2D eigenvalue weighted by molar-refractivity contribution is -0.117. The van der Waals surface area contributed by atoms with Crippen molar-refractivity contribution in [3.63, 3.8) is 0 Å². The maximum atomic E-state index is 11.6. The van der Waals surface area contributed by atoms with Crippen LogP contribution in [0.25, 0.3) is 0 Å². The van der Waals surface area contributed by atoms with E-state index in [0.29, 0.717) is 0 Å². The van der Waals surface area contributed by atoms with E-state index in [1.54, 1.807) is 6.08 Å². The molecule has 1 aromatic carbocycles. The summed E-state index contributed by atoms with van der Waals surface area (Å²) in [6, 6.07) is 10.0. The molecule has 0 bridgehead atoms. The van der Waals surface area contributed by atoms with E-state index in [1.165, 1.54) is 0 Å². The highest BCUT2D eigenvalue weighted by atomic mass is 16.1. The van der Waals surface area contributed by atoms with Gasteiger partial charge in [-0.05, 0) is 25.0 Å². The minimum Gasteiger partial charge on any atom is -0.346 e. The molecule has 0 aliphatic carbocycles. The van der Waals surface area contributed by atoms with Crippen molar-refractivity contribution in [1.82, 2.24) is 5.32 Å². The zero-order chi connectivity index (χ0) is 12.5. The second-order valence-corrected chi connectivity index (χ2v) is 4.19. The predicted octanol–water partition coefficient (Wildman–Crippen LogP) is 3.61. The van der Waals surface area contributed by atoms with E-state index >= 15 is 0 Å². The maximum absolute atomic E-state index is 11.6. The highest BCUT2D eigenvalue weighted by Crippen LogP contribution is 2.10. The minimum atomic E-state index is -0.0162. The number of nitrogens with one attached hydrogen (secondary N) is 1. The number of carbonyl (C=O) groups excluding carboxylic acids is 1. The summed E-state index contributed by atoms with van der Waals surface area (Å²) >= 11 is 0. The number of hydrogen-bond acceptors (Lipinski definition) is 1. The molecule has 0 fully saturated rings. The predicted molar refractivity (Wildman–Crippen MR) is 71.7 cm³/mol. The zero-order valence-corrected chi connectivity index (χ0v) is 10.6. The first-order chi connectivity index (χ1) is 8.24. The number of amides is 1. The van der Waals surface area contributed by atoms with Crippen LogP contribution >= 0.6 is 0 Å². The Morgan fingerprint density at radius 1 is 1.35 bits per heavy atom. The third-order valence-corrected chi connectivity index (χ3v) is 2.65. The van der Waals surface area contributed by atoms with E-state index in [-0.39, 0.29) is 11.9 Å². The van der Waals surface area contributed by atoms with Crippen molar-refractivity contribution >= 4 is 5.91 Å². The van der Waals surface area contributed by atoms with Crippen LogP contribution in [0.4, 0.5) is 0 Å². The summed E-state index contributed by atoms with van der Waals surface area (Å²) in [5.41, 5.74) is 1.13. The van der Waals surface area contributed by atoms with E-state index < -0.39 is 0 Å². The number of carbonyl (C=O) groups is 1. The molecule has 0 aliphatic rings. The van der Waals surface area contributed by atoms with E-state index in [4.69, 9.17) is 0 Å². The average Bonchev–Trinajstić information content (AvgIpc) is 2.36. The number of hydrogen-bond donors (Lipinski definition) is 1. The van der Waals surface area contributed by atoms with Gasteiger partial charge < -0.3 is 5.32 Å². The molecule has 1 atom stereocenters. The van der Waals surface area contributed by atoms with Gasteiger partial charge in [-0.15, -0.1) is 0 Å². The fourth-order valence-corrected chi connectivity index (χ4v) is 1.60. The Hall–Kier alpha value is -1.57. The minimum absolute atomic E-state index is 0.0162. The molecule has 0 saturated carbocycles. The van der Waals surface area contributed by atoms with Gasteiger partial charge in [-0.2, -0.15) is 0 Å². The molecule has 1 unspecified atom stereocenters. The maximum Gasteiger partial charge on any atom is 0.244 e. The first-order valence-corrected chi connectivity index (χ1v) is 6.26. The monoisotopic (exact) mass is 231 g/mol. The molecule has 17 heavy (non-hydrogen) atoms. The molecule has 0 aliphatic heterocycles. The summed E-state index contributed by atoms with van der Waals surface area (Å²) in [6.45, 7) is 4.14. The molecule has 0 aromatic heterocycles. The van der Waals surface area contributed by atoms with Crippen LogP contribution in [0.15, 0.2) is 42.5 Å². The number of unbranched alkanes of at least 4 members (excludes halogenated alkanes) is 2. The van der Waals surface area contributed by atoms with Crippen molar-refractivity contribution in [3.05, 3.63) is 48.0 Å². The lowest BCUT2D eigenvalue weighted by atomic mass is 10.1. The van der Waals surface area contributed by atoms with Gasteiger partial charge in [0.15, 0.2) is 0 Å². The Kier molecular flexibility index (Phi) is 6.08. The van der Waals surface area contributed by atoms with Gasteiger partial charge in [0.2, 0.25) is 5.91 Å². The summed E-state index contributed by atoms with van der Waals surface area (Å²) in [5, 5.41) is 2.95. The lowest BCUT2D eigenvalue weighted by Crippen LogP contribution is -2.24. The summed E-state index contributed by atoms with van der Waals surface area (Å²) in [5.74, 6) is -0.0162. The second kappa shape index (κ2) is 7.66. The van der Waals surface area contributed by atoms with Crippen LogP contribution < -0.4 is 5.32 Å². The van der Waals surface area contributed by atoms with E-state index in [1.807, 2.05) is 43.3 Å². The molecule has 0 radical (unpaired) electrons. The van der Waals surface area contributed by atoms with Crippen molar-refractivity contribution in [2.24, 2.45) is 0 Å². The SMILES string of the molecule is CCCC/C=C/C(=O)NC(C)c1ccccc1. The normalized spacial score (nSPS) is 12.6. The Balaban J connectivity index is 2.38. The van der Waals surface area contributed by atoms with Gasteiger partial charge in [0.25, 0.3) is 0 Å².